The zero-order valence-corrected chi connectivity index (χ0v) is 19.5. The summed E-state index contributed by atoms with van der Waals surface area (Å²) in [4.78, 5) is 24.3. The summed E-state index contributed by atoms with van der Waals surface area (Å²) in [7, 11) is -3.93. The molecule has 0 unspecified atom stereocenters. The van der Waals surface area contributed by atoms with E-state index in [1.165, 1.54) is 6.07 Å². The van der Waals surface area contributed by atoms with Gasteiger partial charge in [0.25, 0.3) is 10.0 Å². The fraction of sp³-hybridized carbons (Fsp3) is 0.167. The fourth-order valence-corrected chi connectivity index (χ4v) is 4.68. The normalized spacial score (nSPS) is 11.0. The lowest BCUT2D eigenvalue weighted by Crippen LogP contribution is -2.28. The molecular formula is C24H24ClN3O4S. The standard InChI is InChI=1S/C24H24ClN3O4S/c1-17-11-12-19(16-22(17)33(31,32)28-21-10-6-5-9-20(21)25)27-23(29)13-14-26-24(30)15-18-7-3-2-4-8-18/h2-12,16,28H,13-15H2,1H3,(H,26,30)(H,27,29). The van der Waals surface area contributed by atoms with Crippen LogP contribution in [0, 0.1) is 6.92 Å². The Labute approximate surface area is 198 Å². The quantitative estimate of drug-likeness (QED) is 0.423. The van der Waals surface area contributed by atoms with Crippen LogP contribution in [0.15, 0.2) is 77.7 Å². The molecule has 0 fully saturated rings. The van der Waals surface area contributed by atoms with Gasteiger partial charge in [-0.2, -0.15) is 0 Å². The summed E-state index contributed by atoms with van der Waals surface area (Å²) in [6.45, 7) is 1.83. The number of nitrogens with one attached hydrogen (secondary N) is 3. The van der Waals surface area contributed by atoms with Gasteiger partial charge in [0.1, 0.15) is 0 Å². The molecule has 3 rings (SSSR count). The molecule has 33 heavy (non-hydrogen) atoms. The van der Waals surface area contributed by atoms with Crippen molar-refractivity contribution in [1.82, 2.24) is 5.32 Å². The summed E-state index contributed by atoms with van der Waals surface area (Å²) in [6.07, 6.45) is 0.286. The number of amides is 2. The van der Waals surface area contributed by atoms with Crippen LogP contribution in [0.2, 0.25) is 5.02 Å². The van der Waals surface area contributed by atoms with Crippen molar-refractivity contribution in [2.75, 3.05) is 16.6 Å². The number of anilines is 2. The van der Waals surface area contributed by atoms with Gasteiger partial charge in [0, 0.05) is 18.7 Å². The number of sulfonamides is 1. The van der Waals surface area contributed by atoms with Crippen molar-refractivity contribution in [3.8, 4) is 0 Å². The molecule has 0 radical (unpaired) electrons. The summed E-state index contributed by atoms with van der Waals surface area (Å²) in [5.74, 6) is -0.523. The van der Waals surface area contributed by atoms with Crippen LogP contribution in [-0.4, -0.2) is 26.8 Å². The van der Waals surface area contributed by atoms with Crippen molar-refractivity contribution >= 4 is 44.8 Å². The Balaban J connectivity index is 1.58. The number of hydrogen-bond donors (Lipinski definition) is 3. The van der Waals surface area contributed by atoms with E-state index in [4.69, 9.17) is 11.6 Å². The molecule has 7 nitrogen and oxygen atoms in total. The summed E-state index contributed by atoms with van der Waals surface area (Å²) < 4.78 is 28.2. The number of carbonyl (C=O) groups is 2. The molecule has 0 bridgehead atoms. The Bertz CT molecular complexity index is 1250. The molecular weight excluding hydrogens is 462 g/mol. The lowest BCUT2D eigenvalue weighted by atomic mass is 10.1. The van der Waals surface area contributed by atoms with Gasteiger partial charge in [0.2, 0.25) is 11.8 Å². The minimum atomic E-state index is -3.93. The van der Waals surface area contributed by atoms with Crippen LogP contribution in [0.1, 0.15) is 17.5 Å². The largest absolute Gasteiger partial charge is 0.355 e. The predicted molar refractivity (Wildman–Crippen MR) is 130 cm³/mol. The third-order valence-corrected chi connectivity index (χ3v) is 6.60. The Morgan fingerprint density at radius 2 is 1.61 bits per heavy atom. The molecule has 0 aliphatic rings. The molecule has 0 heterocycles. The topological polar surface area (TPSA) is 104 Å². The zero-order chi connectivity index (χ0) is 23.8. The van der Waals surface area contributed by atoms with E-state index in [2.05, 4.69) is 15.4 Å². The van der Waals surface area contributed by atoms with Gasteiger partial charge in [-0.05, 0) is 42.3 Å². The second kappa shape index (κ2) is 11.0. The van der Waals surface area contributed by atoms with E-state index in [-0.39, 0.29) is 46.8 Å². The molecule has 0 saturated heterocycles. The van der Waals surface area contributed by atoms with E-state index in [1.807, 2.05) is 30.3 Å². The van der Waals surface area contributed by atoms with Crippen LogP contribution < -0.4 is 15.4 Å². The minimum Gasteiger partial charge on any atom is -0.355 e. The SMILES string of the molecule is Cc1ccc(NC(=O)CCNC(=O)Cc2ccccc2)cc1S(=O)(=O)Nc1ccccc1Cl. The van der Waals surface area contributed by atoms with Crippen molar-refractivity contribution in [3.63, 3.8) is 0 Å². The van der Waals surface area contributed by atoms with Crippen molar-refractivity contribution in [2.24, 2.45) is 0 Å². The van der Waals surface area contributed by atoms with Gasteiger partial charge in [-0.25, -0.2) is 8.42 Å². The van der Waals surface area contributed by atoms with Gasteiger partial charge < -0.3 is 10.6 Å². The first kappa shape index (κ1) is 24.3. The first-order valence-electron chi connectivity index (χ1n) is 10.2. The van der Waals surface area contributed by atoms with Gasteiger partial charge >= 0.3 is 0 Å². The molecule has 0 aliphatic heterocycles. The van der Waals surface area contributed by atoms with Crippen molar-refractivity contribution in [2.45, 2.75) is 24.7 Å². The average Bonchev–Trinajstić information content (AvgIpc) is 2.77. The molecule has 0 atom stereocenters. The number of aryl methyl sites for hydroxylation is 1. The highest BCUT2D eigenvalue weighted by Gasteiger charge is 2.19. The first-order chi connectivity index (χ1) is 15.7. The number of para-hydroxylation sites is 1. The second-order valence-electron chi connectivity index (χ2n) is 7.38. The Kier molecular flexibility index (Phi) is 8.08. The van der Waals surface area contributed by atoms with Crippen LogP contribution in [0.4, 0.5) is 11.4 Å². The Hall–Kier alpha value is -3.36. The molecule has 3 N–H and O–H groups in total. The molecule has 3 aromatic rings. The molecule has 9 heteroatoms. The lowest BCUT2D eigenvalue weighted by molar-refractivity contribution is -0.120. The summed E-state index contributed by atoms with van der Waals surface area (Å²) in [5.41, 5.74) is 2.00. The van der Waals surface area contributed by atoms with E-state index in [0.29, 0.717) is 11.3 Å². The summed E-state index contributed by atoms with van der Waals surface area (Å²) >= 11 is 6.06. The highest BCUT2D eigenvalue weighted by molar-refractivity contribution is 7.92. The molecule has 0 spiro atoms. The fourth-order valence-electron chi connectivity index (χ4n) is 3.09. The summed E-state index contributed by atoms with van der Waals surface area (Å²) in [6, 6.07) is 20.4. The van der Waals surface area contributed by atoms with E-state index < -0.39 is 10.0 Å². The van der Waals surface area contributed by atoms with Crippen LogP contribution in [0.3, 0.4) is 0 Å². The van der Waals surface area contributed by atoms with Crippen LogP contribution in [0.25, 0.3) is 0 Å². The molecule has 172 valence electrons. The van der Waals surface area contributed by atoms with Crippen molar-refractivity contribution in [3.05, 3.63) is 88.9 Å². The second-order valence-corrected chi connectivity index (χ2v) is 9.43. The van der Waals surface area contributed by atoms with Crippen molar-refractivity contribution < 1.29 is 18.0 Å². The van der Waals surface area contributed by atoms with Gasteiger partial charge in [-0.15, -0.1) is 0 Å². The highest BCUT2D eigenvalue weighted by Crippen LogP contribution is 2.26. The van der Waals surface area contributed by atoms with Crippen LogP contribution in [0.5, 0.6) is 0 Å². The third-order valence-electron chi connectivity index (χ3n) is 4.76. The first-order valence-corrected chi connectivity index (χ1v) is 12.1. The van der Waals surface area contributed by atoms with E-state index in [0.717, 1.165) is 5.56 Å². The van der Waals surface area contributed by atoms with Crippen LogP contribution in [-0.2, 0) is 26.0 Å². The highest BCUT2D eigenvalue weighted by atomic mass is 35.5. The molecule has 0 aromatic heterocycles. The number of carbonyl (C=O) groups excluding carboxylic acids is 2. The molecule has 2 amide bonds. The van der Waals surface area contributed by atoms with Gasteiger partial charge in [-0.1, -0.05) is 60.1 Å². The predicted octanol–water partition coefficient (Wildman–Crippen LogP) is 4.14. The van der Waals surface area contributed by atoms with E-state index in [1.54, 1.807) is 43.3 Å². The number of benzene rings is 3. The maximum Gasteiger partial charge on any atom is 0.262 e. The van der Waals surface area contributed by atoms with Gasteiger partial charge in [-0.3, -0.25) is 14.3 Å². The number of halogens is 1. The smallest absolute Gasteiger partial charge is 0.262 e. The maximum absolute atomic E-state index is 12.9. The Morgan fingerprint density at radius 1 is 0.909 bits per heavy atom. The lowest BCUT2D eigenvalue weighted by Gasteiger charge is -2.13. The molecule has 0 saturated carbocycles. The molecule has 3 aromatic carbocycles. The molecule has 0 aliphatic carbocycles. The Morgan fingerprint density at radius 3 is 2.33 bits per heavy atom. The number of hydrogen-bond acceptors (Lipinski definition) is 4. The number of rotatable bonds is 9. The minimum absolute atomic E-state index is 0.0244. The van der Waals surface area contributed by atoms with Crippen LogP contribution >= 0.6 is 11.6 Å². The van der Waals surface area contributed by atoms with Gasteiger partial charge in [0.05, 0.1) is 22.0 Å². The average molecular weight is 486 g/mol. The monoisotopic (exact) mass is 485 g/mol. The van der Waals surface area contributed by atoms with Gasteiger partial charge in [0.15, 0.2) is 0 Å². The maximum atomic E-state index is 12.9. The van der Waals surface area contributed by atoms with E-state index >= 15 is 0 Å². The summed E-state index contributed by atoms with van der Waals surface area (Å²) in [5, 5.41) is 5.65. The zero-order valence-electron chi connectivity index (χ0n) is 18.0. The van der Waals surface area contributed by atoms with E-state index in [9.17, 15) is 18.0 Å². The van der Waals surface area contributed by atoms with Crippen molar-refractivity contribution in [1.29, 1.82) is 0 Å². The third kappa shape index (κ3) is 7.06.